The number of hydrogen-bond donors (Lipinski definition) is 0. The van der Waals surface area contributed by atoms with E-state index in [1.807, 2.05) is 30.3 Å². The Kier molecular flexibility index (Phi) is 8.46. The second-order valence-electron chi connectivity index (χ2n) is 7.52. The quantitative estimate of drug-likeness (QED) is 0.418. The molecular formula is C23H25NO9S. The highest BCUT2D eigenvalue weighted by atomic mass is 32.2. The molecule has 1 unspecified atom stereocenters. The molecule has 3 rings (SSSR count). The molecule has 0 N–H and O–H groups in total. The molecule has 2 heterocycles. The summed E-state index contributed by atoms with van der Waals surface area (Å²) in [7, 11) is 0. The molecule has 0 radical (unpaired) electrons. The SMILES string of the molecule is CC(=O)OC[C@@H]1OC(Sc2cccc3cccnc23)[C@@H](OC(C)=O)[C@H](OC(C)=O)[C@H]1OC(C)=O. The number of rotatable bonds is 7. The summed E-state index contributed by atoms with van der Waals surface area (Å²) in [5.41, 5.74) is -0.212. The third-order valence-corrected chi connectivity index (χ3v) is 5.98. The van der Waals surface area contributed by atoms with Crippen LogP contribution in [0.4, 0.5) is 0 Å². The molecule has 0 aliphatic carbocycles. The van der Waals surface area contributed by atoms with E-state index in [-0.39, 0.29) is 6.61 Å². The van der Waals surface area contributed by atoms with E-state index in [2.05, 4.69) is 4.98 Å². The van der Waals surface area contributed by atoms with Crippen LogP contribution in [-0.4, -0.2) is 65.3 Å². The van der Waals surface area contributed by atoms with Crippen LogP contribution >= 0.6 is 11.8 Å². The van der Waals surface area contributed by atoms with Crippen molar-refractivity contribution in [1.29, 1.82) is 0 Å². The van der Waals surface area contributed by atoms with Crippen molar-refractivity contribution in [2.24, 2.45) is 0 Å². The van der Waals surface area contributed by atoms with Crippen molar-refractivity contribution >= 4 is 46.5 Å². The molecule has 1 saturated heterocycles. The predicted molar refractivity (Wildman–Crippen MR) is 120 cm³/mol. The highest BCUT2D eigenvalue weighted by Gasteiger charge is 2.52. The predicted octanol–water partition coefficient (Wildman–Crippen LogP) is 2.41. The molecule has 1 aromatic carbocycles. The molecule has 1 aromatic heterocycles. The fraction of sp³-hybridized carbons (Fsp3) is 0.435. The van der Waals surface area contributed by atoms with E-state index < -0.39 is 53.7 Å². The number of fused-ring (bicyclic) bond motifs is 1. The maximum absolute atomic E-state index is 12.0. The number of nitrogens with zero attached hydrogens (tertiary/aromatic N) is 1. The van der Waals surface area contributed by atoms with Gasteiger partial charge in [-0.3, -0.25) is 24.2 Å². The fourth-order valence-electron chi connectivity index (χ4n) is 3.58. The van der Waals surface area contributed by atoms with Crippen LogP contribution in [0.5, 0.6) is 0 Å². The molecule has 1 fully saturated rings. The summed E-state index contributed by atoms with van der Waals surface area (Å²) >= 11 is 1.20. The van der Waals surface area contributed by atoms with Gasteiger partial charge in [0, 0.05) is 44.2 Å². The zero-order valence-electron chi connectivity index (χ0n) is 19.1. The standard InChI is InChI=1S/C23H25NO9S/c1-12(25)29-11-17-20(30-13(2)26)21(31-14(3)27)22(32-15(4)28)23(33-17)34-18-9-5-7-16-8-6-10-24-19(16)18/h5-10,17,20-23H,11H2,1-4H3/t17-,20-,21+,22-,23?/m0/s1. The molecule has 0 saturated carbocycles. The van der Waals surface area contributed by atoms with E-state index in [4.69, 9.17) is 23.7 Å². The summed E-state index contributed by atoms with van der Waals surface area (Å²) in [4.78, 5) is 52.3. The number of carbonyl (C=O) groups excluding carboxylic acids is 4. The van der Waals surface area contributed by atoms with Crippen LogP contribution in [0.25, 0.3) is 10.9 Å². The van der Waals surface area contributed by atoms with Gasteiger partial charge in [0.25, 0.3) is 0 Å². The van der Waals surface area contributed by atoms with Crippen LogP contribution in [0.1, 0.15) is 27.7 Å². The summed E-state index contributed by atoms with van der Waals surface area (Å²) in [6.07, 6.45) is -2.88. The van der Waals surface area contributed by atoms with Crippen molar-refractivity contribution in [3.63, 3.8) is 0 Å². The van der Waals surface area contributed by atoms with Gasteiger partial charge in [-0.05, 0) is 12.1 Å². The Balaban J connectivity index is 2.03. The molecule has 10 nitrogen and oxygen atoms in total. The third-order valence-electron chi connectivity index (χ3n) is 4.79. The highest BCUT2D eigenvalue weighted by Crippen LogP contribution is 2.39. The molecule has 1 aliphatic rings. The summed E-state index contributed by atoms with van der Waals surface area (Å²) in [6.45, 7) is 4.52. The summed E-state index contributed by atoms with van der Waals surface area (Å²) in [5.74, 6) is -2.57. The first-order chi connectivity index (χ1) is 16.2. The summed E-state index contributed by atoms with van der Waals surface area (Å²) < 4.78 is 27.6. The molecule has 0 amide bonds. The number of esters is 4. The van der Waals surface area contributed by atoms with Crippen LogP contribution in [-0.2, 0) is 42.9 Å². The average Bonchev–Trinajstić information content (AvgIpc) is 2.75. The summed E-state index contributed by atoms with van der Waals surface area (Å²) in [5, 5.41) is 0.887. The van der Waals surface area contributed by atoms with Crippen LogP contribution < -0.4 is 0 Å². The molecule has 5 atom stereocenters. The molecule has 34 heavy (non-hydrogen) atoms. The monoisotopic (exact) mass is 491 g/mol. The Bertz CT molecular complexity index is 1070. The number of para-hydroxylation sites is 1. The van der Waals surface area contributed by atoms with Gasteiger partial charge in [0.1, 0.15) is 18.1 Å². The first-order valence-corrected chi connectivity index (χ1v) is 11.3. The van der Waals surface area contributed by atoms with Gasteiger partial charge < -0.3 is 23.7 Å². The largest absolute Gasteiger partial charge is 0.463 e. The van der Waals surface area contributed by atoms with Gasteiger partial charge in [0.2, 0.25) is 0 Å². The third kappa shape index (κ3) is 6.45. The Morgan fingerprint density at radius 3 is 2.12 bits per heavy atom. The van der Waals surface area contributed by atoms with Gasteiger partial charge in [-0.25, -0.2) is 0 Å². The zero-order valence-corrected chi connectivity index (χ0v) is 19.9. The molecule has 11 heteroatoms. The number of thioether (sulfide) groups is 1. The lowest BCUT2D eigenvalue weighted by Gasteiger charge is -2.44. The number of pyridine rings is 1. The van der Waals surface area contributed by atoms with Crippen molar-refractivity contribution in [1.82, 2.24) is 4.98 Å². The Labute approximate surface area is 200 Å². The zero-order chi connectivity index (χ0) is 24.8. The highest BCUT2D eigenvalue weighted by molar-refractivity contribution is 8.00. The first kappa shape index (κ1) is 25.4. The average molecular weight is 492 g/mol. The maximum atomic E-state index is 12.0. The van der Waals surface area contributed by atoms with Crippen LogP contribution in [0, 0.1) is 0 Å². The van der Waals surface area contributed by atoms with Crippen molar-refractivity contribution in [3.05, 3.63) is 36.5 Å². The van der Waals surface area contributed by atoms with Gasteiger partial charge in [0.15, 0.2) is 18.3 Å². The van der Waals surface area contributed by atoms with Gasteiger partial charge in [-0.1, -0.05) is 30.0 Å². The van der Waals surface area contributed by atoms with Crippen LogP contribution in [0.15, 0.2) is 41.4 Å². The van der Waals surface area contributed by atoms with Crippen molar-refractivity contribution in [2.75, 3.05) is 6.61 Å². The van der Waals surface area contributed by atoms with E-state index in [1.165, 1.54) is 39.5 Å². The van der Waals surface area contributed by atoms with Crippen LogP contribution in [0.2, 0.25) is 0 Å². The molecule has 182 valence electrons. The summed E-state index contributed by atoms with van der Waals surface area (Å²) in [6, 6.07) is 9.29. The molecule has 0 spiro atoms. The van der Waals surface area contributed by atoms with Crippen molar-refractivity contribution in [3.8, 4) is 0 Å². The van der Waals surface area contributed by atoms with E-state index in [0.717, 1.165) is 10.3 Å². The minimum Gasteiger partial charge on any atom is -0.463 e. The minimum absolute atomic E-state index is 0.275. The normalized spacial score (nSPS) is 24.2. The fourth-order valence-corrected chi connectivity index (χ4v) is 4.81. The lowest BCUT2D eigenvalue weighted by molar-refractivity contribution is -0.237. The smallest absolute Gasteiger partial charge is 0.303 e. The second-order valence-corrected chi connectivity index (χ2v) is 8.66. The van der Waals surface area contributed by atoms with Crippen LogP contribution in [0.3, 0.4) is 0 Å². The van der Waals surface area contributed by atoms with E-state index >= 15 is 0 Å². The van der Waals surface area contributed by atoms with E-state index in [9.17, 15) is 19.2 Å². The van der Waals surface area contributed by atoms with Crippen molar-refractivity contribution < 1.29 is 42.9 Å². The Hall–Kier alpha value is -3.18. The topological polar surface area (TPSA) is 127 Å². The number of carbonyl (C=O) groups is 4. The van der Waals surface area contributed by atoms with Gasteiger partial charge in [0.05, 0.1) is 5.52 Å². The van der Waals surface area contributed by atoms with E-state index in [1.54, 1.807) is 6.20 Å². The minimum atomic E-state index is -1.21. The molecule has 1 aliphatic heterocycles. The Morgan fingerprint density at radius 2 is 1.47 bits per heavy atom. The lowest BCUT2D eigenvalue weighted by Crippen LogP contribution is -2.61. The van der Waals surface area contributed by atoms with Crippen molar-refractivity contribution in [2.45, 2.75) is 62.4 Å². The molecule has 2 aromatic rings. The number of hydrogen-bond acceptors (Lipinski definition) is 11. The second kappa shape index (κ2) is 11.3. The van der Waals surface area contributed by atoms with Gasteiger partial charge >= 0.3 is 23.9 Å². The molecular weight excluding hydrogens is 466 g/mol. The Morgan fingerprint density at radius 1 is 0.853 bits per heavy atom. The first-order valence-electron chi connectivity index (χ1n) is 10.5. The van der Waals surface area contributed by atoms with Gasteiger partial charge in [-0.15, -0.1) is 0 Å². The number of ether oxygens (including phenoxy) is 5. The lowest BCUT2D eigenvalue weighted by atomic mass is 9.99. The van der Waals surface area contributed by atoms with E-state index in [0.29, 0.717) is 5.52 Å². The maximum Gasteiger partial charge on any atom is 0.303 e. The van der Waals surface area contributed by atoms with Gasteiger partial charge in [-0.2, -0.15) is 0 Å². The number of aromatic nitrogens is 1. The molecule has 0 bridgehead atoms. The number of benzene rings is 1.